The monoisotopic (exact) mass is 385 g/mol. The summed E-state index contributed by atoms with van der Waals surface area (Å²) >= 11 is 1.18. The number of fused-ring (bicyclic) bond motifs is 1. The molecule has 5 nitrogen and oxygen atoms in total. The standard InChI is InChI=1S/C20H20FN3O2S/c1-3-11-22-18(25)13(2)27-20-23-17-10-5-4-9-16(17)19(26)24(20)15-8-6-7-14(21)12-15/h4-10,12-13H,3,11H2,1-2H3,(H,22,25). The van der Waals surface area contributed by atoms with Crippen molar-refractivity contribution in [3.63, 3.8) is 0 Å². The van der Waals surface area contributed by atoms with Gasteiger partial charge in [0.1, 0.15) is 5.82 Å². The summed E-state index contributed by atoms with van der Waals surface area (Å²) in [6.45, 7) is 4.32. The van der Waals surface area contributed by atoms with Crippen molar-refractivity contribution in [3.05, 3.63) is 64.7 Å². The molecule has 0 fully saturated rings. The van der Waals surface area contributed by atoms with Gasteiger partial charge < -0.3 is 5.32 Å². The van der Waals surface area contributed by atoms with Crippen LogP contribution in [0.25, 0.3) is 16.6 Å². The van der Waals surface area contributed by atoms with Crippen LogP contribution in [-0.2, 0) is 4.79 Å². The molecule has 3 rings (SSSR count). The minimum Gasteiger partial charge on any atom is -0.355 e. The molecule has 7 heteroatoms. The van der Waals surface area contributed by atoms with E-state index >= 15 is 0 Å². The fourth-order valence-electron chi connectivity index (χ4n) is 2.64. The van der Waals surface area contributed by atoms with E-state index in [1.807, 2.05) is 6.92 Å². The quantitative estimate of drug-likeness (QED) is 0.521. The minimum absolute atomic E-state index is 0.130. The van der Waals surface area contributed by atoms with Crippen molar-refractivity contribution in [2.45, 2.75) is 30.7 Å². The maximum Gasteiger partial charge on any atom is 0.266 e. The van der Waals surface area contributed by atoms with E-state index in [1.54, 1.807) is 37.3 Å². The number of aromatic nitrogens is 2. The van der Waals surface area contributed by atoms with Crippen molar-refractivity contribution in [1.82, 2.24) is 14.9 Å². The van der Waals surface area contributed by atoms with E-state index < -0.39 is 11.1 Å². The molecule has 0 bridgehead atoms. The highest BCUT2D eigenvalue weighted by molar-refractivity contribution is 8.00. The van der Waals surface area contributed by atoms with Gasteiger partial charge in [0, 0.05) is 6.54 Å². The molecule has 0 radical (unpaired) electrons. The van der Waals surface area contributed by atoms with Crippen LogP contribution in [0.1, 0.15) is 20.3 Å². The largest absolute Gasteiger partial charge is 0.355 e. The van der Waals surface area contributed by atoms with E-state index in [4.69, 9.17) is 0 Å². The van der Waals surface area contributed by atoms with Crippen LogP contribution in [0.2, 0.25) is 0 Å². The Morgan fingerprint density at radius 1 is 1.26 bits per heavy atom. The van der Waals surface area contributed by atoms with E-state index in [-0.39, 0.29) is 11.5 Å². The maximum atomic E-state index is 13.8. The molecule has 0 spiro atoms. The van der Waals surface area contributed by atoms with Crippen molar-refractivity contribution in [3.8, 4) is 5.69 Å². The highest BCUT2D eigenvalue weighted by atomic mass is 32.2. The van der Waals surface area contributed by atoms with Gasteiger partial charge in [-0.05, 0) is 43.7 Å². The summed E-state index contributed by atoms with van der Waals surface area (Å²) in [6.07, 6.45) is 0.839. The summed E-state index contributed by atoms with van der Waals surface area (Å²) < 4.78 is 15.1. The van der Waals surface area contributed by atoms with Crippen LogP contribution in [0.5, 0.6) is 0 Å². The van der Waals surface area contributed by atoms with Gasteiger partial charge in [0.2, 0.25) is 5.91 Å². The molecule has 0 aliphatic rings. The smallest absolute Gasteiger partial charge is 0.266 e. The van der Waals surface area contributed by atoms with Crippen LogP contribution in [-0.4, -0.2) is 27.3 Å². The number of thioether (sulfide) groups is 1. The van der Waals surface area contributed by atoms with Gasteiger partial charge in [-0.2, -0.15) is 0 Å². The number of carbonyl (C=O) groups excluding carboxylic acids is 1. The van der Waals surface area contributed by atoms with Crippen molar-refractivity contribution >= 4 is 28.6 Å². The zero-order valence-corrected chi connectivity index (χ0v) is 15.9. The lowest BCUT2D eigenvalue weighted by Crippen LogP contribution is -2.32. The van der Waals surface area contributed by atoms with Crippen molar-refractivity contribution in [2.75, 3.05) is 6.54 Å². The topological polar surface area (TPSA) is 64.0 Å². The summed E-state index contributed by atoms with van der Waals surface area (Å²) in [7, 11) is 0. The number of para-hydroxylation sites is 1. The third-order valence-electron chi connectivity index (χ3n) is 4.01. The van der Waals surface area contributed by atoms with Gasteiger partial charge in [-0.25, -0.2) is 9.37 Å². The summed E-state index contributed by atoms with van der Waals surface area (Å²) in [4.78, 5) is 29.9. The number of nitrogens with one attached hydrogen (secondary N) is 1. The first-order valence-electron chi connectivity index (χ1n) is 8.73. The van der Waals surface area contributed by atoms with Crippen LogP contribution in [0.4, 0.5) is 4.39 Å². The first kappa shape index (κ1) is 19.1. The van der Waals surface area contributed by atoms with Crippen LogP contribution in [0, 0.1) is 5.82 Å². The lowest BCUT2D eigenvalue weighted by Gasteiger charge is -2.16. The number of amides is 1. The molecule has 1 heterocycles. The number of halogens is 1. The van der Waals surface area contributed by atoms with Crippen LogP contribution in [0.3, 0.4) is 0 Å². The molecule has 27 heavy (non-hydrogen) atoms. The van der Waals surface area contributed by atoms with Gasteiger partial charge in [0.15, 0.2) is 5.16 Å². The lowest BCUT2D eigenvalue weighted by molar-refractivity contribution is -0.120. The molecule has 1 unspecified atom stereocenters. The first-order chi connectivity index (χ1) is 13.0. The first-order valence-corrected chi connectivity index (χ1v) is 9.61. The van der Waals surface area contributed by atoms with E-state index in [2.05, 4.69) is 10.3 Å². The average molecular weight is 385 g/mol. The Hall–Kier alpha value is -2.67. The molecule has 1 atom stereocenters. The van der Waals surface area contributed by atoms with Gasteiger partial charge in [-0.3, -0.25) is 14.2 Å². The molecule has 1 aromatic heterocycles. The van der Waals surface area contributed by atoms with Crippen molar-refractivity contribution in [2.24, 2.45) is 0 Å². The van der Waals surface area contributed by atoms with E-state index in [9.17, 15) is 14.0 Å². The Kier molecular flexibility index (Phi) is 5.91. The summed E-state index contributed by atoms with van der Waals surface area (Å²) in [5, 5.41) is 3.17. The molecular formula is C20H20FN3O2S. The molecule has 140 valence electrons. The fourth-order valence-corrected chi connectivity index (χ4v) is 3.59. The summed E-state index contributed by atoms with van der Waals surface area (Å²) in [5.41, 5.74) is 0.621. The molecule has 0 saturated heterocycles. The lowest BCUT2D eigenvalue weighted by atomic mass is 10.2. The second-order valence-corrected chi connectivity index (χ2v) is 7.39. The Bertz CT molecular complexity index is 1040. The predicted octanol–water partition coefficient (Wildman–Crippen LogP) is 3.53. The van der Waals surface area contributed by atoms with Crippen molar-refractivity contribution in [1.29, 1.82) is 0 Å². The third kappa shape index (κ3) is 4.19. The van der Waals surface area contributed by atoms with Crippen LogP contribution < -0.4 is 10.9 Å². The molecule has 3 aromatic rings. The van der Waals surface area contributed by atoms with E-state index in [0.717, 1.165) is 6.42 Å². The fraction of sp³-hybridized carbons (Fsp3) is 0.250. The Labute approximate surface area is 160 Å². The molecule has 2 aromatic carbocycles. The highest BCUT2D eigenvalue weighted by Gasteiger charge is 2.20. The second-order valence-electron chi connectivity index (χ2n) is 6.08. The number of hydrogen-bond acceptors (Lipinski definition) is 4. The van der Waals surface area contributed by atoms with Crippen LogP contribution >= 0.6 is 11.8 Å². The summed E-state index contributed by atoms with van der Waals surface area (Å²) in [6, 6.07) is 12.8. The molecule has 1 N–H and O–H groups in total. The molecular weight excluding hydrogens is 365 g/mol. The third-order valence-corrected chi connectivity index (χ3v) is 5.06. The Morgan fingerprint density at radius 2 is 2.04 bits per heavy atom. The molecule has 0 aliphatic carbocycles. The Morgan fingerprint density at radius 3 is 2.78 bits per heavy atom. The number of carbonyl (C=O) groups is 1. The molecule has 1 amide bonds. The zero-order valence-electron chi connectivity index (χ0n) is 15.1. The maximum absolute atomic E-state index is 13.8. The second kappa shape index (κ2) is 8.35. The van der Waals surface area contributed by atoms with Crippen molar-refractivity contribution < 1.29 is 9.18 Å². The van der Waals surface area contributed by atoms with Gasteiger partial charge in [-0.15, -0.1) is 0 Å². The number of nitrogens with zero attached hydrogens (tertiary/aromatic N) is 2. The van der Waals surface area contributed by atoms with Gasteiger partial charge in [-0.1, -0.05) is 36.9 Å². The molecule has 0 saturated carbocycles. The van der Waals surface area contributed by atoms with E-state index in [0.29, 0.717) is 28.3 Å². The minimum atomic E-state index is -0.454. The SMILES string of the molecule is CCCNC(=O)C(C)Sc1nc2ccccc2c(=O)n1-c1cccc(F)c1. The normalized spacial score (nSPS) is 12.1. The number of rotatable bonds is 6. The Balaban J connectivity index is 2.11. The van der Waals surface area contributed by atoms with Crippen LogP contribution in [0.15, 0.2) is 58.5 Å². The number of benzene rings is 2. The van der Waals surface area contributed by atoms with Gasteiger partial charge >= 0.3 is 0 Å². The summed E-state index contributed by atoms with van der Waals surface area (Å²) in [5.74, 6) is -0.577. The van der Waals surface area contributed by atoms with Gasteiger partial charge in [0.05, 0.1) is 21.8 Å². The predicted molar refractivity (Wildman–Crippen MR) is 106 cm³/mol. The molecule has 0 aliphatic heterocycles. The zero-order chi connectivity index (χ0) is 19.4. The highest BCUT2D eigenvalue weighted by Crippen LogP contribution is 2.25. The van der Waals surface area contributed by atoms with E-state index in [1.165, 1.54) is 34.5 Å². The number of hydrogen-bond donors (Lipinski definition) is 1. The van der Waals surface area contributed by atoms with Gasteiger partial charge in [0.25, 0.3) is 5.56 Å². The average Bonchev–Trinajstić information content (AvgIpc) is 2.66.